The number of carbonyl (C=O) groups excluding carboxylic acids is 1. The van der Waals surface area contributed by atoms with Crippen molar-refractivity contribution in [2.45, 2.75) is 111 Å². The summed E-state index contributed by atoms with van der Waals surface area (Å²) < 4.78 is 6.17. The second kappa shape index (κ2) is 8.17. The molecular weight excluding hydrogens is 416 g/mol. The molecule has 1 spiro atoms. The predicted molar refractivity (Wildman–Crippen MR) is 131 cm³/mol. The Bertz CT molecular complexity index is 735. The average Bonchev–Trinajstić information content (AvgIpc) is 3.26. The van der Waals surface area contributed by atoms with Crippen LogP contribution in [0.15, 0.2) is 0 Å². The van der Waals surface area contributed by atoms with E-state index >= 15 is 0 Å². The number of fused-ring (bicyclic) bond motifs is 4. The van der Waals surface area contributed by atoms with Crippen molar-refractivity contribution >= 4 is 17.6 Å². The zero-order chi connectivity index (χ0) is 22.9. The number of rotatable bonds is 7. The summed E-state index contributed by atoms with van der Waals surface area (Å²) >= 11 is 5.90. The Morgan fingerprint density at radius 2 is 1.81 bits per heavy atom. The molecule has 182 valence electrons. The largest absolute Gasteiger partial charge is 0.461 e. The molecule has 0 amide bonds. The Kier molecular flexibility index (Phi) is 6.00. The van der Waals surface area contributed by atoms with Gasteiger partial charge >= 0.3 is 5.97 Å². The van der Waals surface area contributed by atoms with E-state index in [9.17, 15) is 4.79 Å². The van der Waals surface area contributed by atoms with E-state index in [2.05, 4.69) is 34.6 Å². The molecule has 3 heteroatoms. The smallest absolute Gasteiger partial charge is 0.321 e. The van der Waals surface area contributed by atoms with Crippen LogP contribution in [0.1, 0.15) is 105 Å². The third-order valence-corrected chi connectivity index (χ3v) is 12.3. The SMILES string of the molecule is CC(C)CCC[C@H](C)[C@@H]1CC[C@@H]2[C@@H]3C[C@H](OC(=O)CCl)[C@]45C[C@H]4CC[C@]5(C)[C@@H]3CC[C@@]21C. The van der Waals surface area contributed by atoms with E-state index in [-0.39, 0.29) is 23.4 Å². The Morgan fingerprint density at radius 3 is 2.50 bits per heavy atom. The standard InChI is InChI=1S/C29H47ClO2/c1-18(2)7-6-8-19(3)22-9-10-23-21-15-25(32-26(31)17-30)29-16-20(29)11-14-28(29,5)24(21)12-13-27(22,23)4/h18-25H,6-17H2,1-5H3/t19-,20+,21-,22-,23+,24+,25-,27+,28+,29-/m0/s1. The van der Waals surface area contributed by atoms with Crippen molar-refractivity contribution < 1.29 is 9.53 Å². The number of esters is 1. The van der Waals surface area contributed by atoms with Crippen molar-refractivity contribution in [2.75, 3.05) is 5.88 Å². The molecular formula is C29H47ClO2. The maximum absolute atomic E-state index is 12.3. The van der Waals surface area contributed by atoms with Crippen LogP contribution in [-0.4, -0.2) is 18.0 Å². The van der Waals surface area contributed by atoms with E-state index in [4.69, 9.17) is 16.3 Å². The van der Waals surface area contributed by atoms with Gasteiger partial charge in [-0.05, 0) is 104 Å². The quantitative estimate of drug-likeness (QED) is 0.284. The van der Waals surface area contributed by atoms with Gasteiger partial charge in [0.25, 0.3) is 0 Å². The van der Waals surface area contributed by atoms with Crippen molar-refractivity contribution in [1.29, 1.82) is 0 Å². The second-order valence-corrected chi connectivity index (χ2v) is 13.9. The normalized spacial score (nSPS) is 49.7. The van der Waals surface area contributed by atoms with Gasteiger partial charge in [0, 0.05) is 5.41 Å². The molecule has 0 aromatic carbocycles. The first-order valence-electron chi connectivity index (χ1n) is 13.9. The fourth-order valence-corrected chi connectivity index (χ4v) is 10.7. The van der Waals surface area contributed by atoms with Gasteiger partial charge in [-0.2, -0.15) is 0 Å². The Labute approximate surface area is 202 Å². The molecule has 0 radical (unpaired) electrons. The molecule has 5 aliphatic carbocycles. The predicted octanol–water partition coefficient (Wildman–Crippen LogP) is 7.87. The summed E-state index contributed by atoms with van der Waals surface area (Å²) in [6.07, 6.45) is 15.1. The third-order valence-electron chi connectivity index (χ3n) is 12.1. The minimum absolute atomic E-state index is 0.000827. The highest BCUT2D eigenvalue weighted by molar-refractivity contribution is 6.26. The molecule has 0 N–H and O–H groups in total. The summed E-state index contributed by atoms with van der Waals surface area (Å²) in [5, 5.41) is 0. The molecule has 0 saturated heterocycles. The lowest BCUT2D eigenvalue weighted by atomic mass is 9.45. The van der Waals surface area contributed by atoms with E-state index < -0.39 is 0 Å². The summed E-state index contributed by atoms with van der Waals surface area (Å²) in [5.74, 6) is 5.56. The zero-order valence-corrected chi connectivity index (χ0v) is 22.1. The molecule has 5 aliphatic rings. The molecule has 5 rings (SSSR count). The summed E-state index contributed by atoms with van der Waals surface area (Å²) in [6, 6.07) is 0. The van der Waals surface area contributed by atoms with Gasteiger partial charge < -0.3 is 4.74 Å². The second-order valence-electron chi connectivity index (χ2n) is 13.7. The van der Waals surface area contributed by atoms with Crippen LogP contribution in [-0.2, 0) is 9.53 Å². The highest BCUT2D eigenvalue weighted by Crippen LogP contribution is 2.82. The van der Waals surface area contributed by atoms with Crippen molar-refractivity contribution in [3.8, 4) is 0 Å². The van der Waals surface area contributed by atoms with Gasteiger partial charge in [0.05, 0.1) is 0 Å². The van der Waals surface area contributed by atoms with E-state index in [1.807, 2.05) is 0 Å². The van der Waals surface area contributed by atoms with Gasteiger partial charge in [0.2, 0.25) is 0 Å². The molecule has 0 aromatic heterocycles. The van der Waals surface area contributed by atoms with Crippen LogP contribution >= 0.6 is 11.6 Å². The van der Waals surface area contributed by atoms with Gasteiger partial charge in [0.15, 0.2) is 0 Å². The average molecular weight is 463 g/mol. The first kappa shape index (κ1) is 23.5. The van der Waals surface area contributed by atoms with Crippen LogP contribution in [0.3, 0.4) is 0 Å². The Balaban J connectivity index is 1.37. The fourth-order valence-electron chi connectivity index (χ4n) is 10.6. The van der Waals surface area contributed by atoms with Crippen molar-refractivity contribution in [3.63, 3.8) is 0 Å². The summed E-state index contributed by atoms with van der Waals surface area (Å²) in [4.78, 5) is 12.3. The van der Waals surface area contributed by atoms with Crippen LogP contribution in [0, 0.1) is 57.7 Å². The minimum Gasteiger partial charge on any atom is -0.461 e. The molecule has 0 aromatic rings. The lowest BCUT2D eigenvalue weighted by Crippen LogP contribution is -2.57. The Morgan fingerprint density at radius 1 is 1.03 bits per heavy atom. The van der Waals surface area contributed by atoms with Crippen LogP contribution < -0.4 is 0 Å². The molecule has 5 fully saturated rings. The first-order valence-corrected chi connectivity index (χ1v) is 14.5. The van der Waals surface area contributed by atoms with E-state index in [0.717, 1.165) is 47.8 Å². The van der Waals surface area contributed by atoms with Crippen molar-refractivity contribution in [1.82, 2.24) is 0 Å². The highest BCUT2D eigenvalue weighted by Gasteiger charge is 2.78. The van der Waals surface area contributed by atoms with E-state index in [0.29, 0.717) is 10.8 Å². The summed E-state index contributed by atoms with van der Waals surface area (Å²) in [7, 11) is 0. The maximum Gasteiger partial charge on any atom is 0.321 e. The van der Waals surface area contributed by atoms with Gasteiger partial charge in [0.1, 0.15) is 12.0 Å². The number of carbonyl (C=O) groups is 1. The van der Waals surface area contributed by atoms with Crippen molar-refractivity contribution in [2.24, 2.45) is 57.7 Å². The molecule has 10 atom stereocenters. The van der Waals surface area contributed by atoms with Crippen LogP contribution in [0.5, 0.6) is 0 Å². The first-order chi connectivity index (χ1) is 15.2. The fraction of sp³-hybridized carbons (Fsp3) is 0.966. The third kappa shape index (κ3) is 3.27. The monoisotopic (exact) mass is 462 g/mol. The maximum atomic E-state index is 12.3. The number of halogens is 1. The molecule has 2 nitrogen and oxygen atoms in total. The van der Waals surface area contributed by atoms with Crippen molar-refractivity contribution in [3.05, 3.63) is 0 Å². The van der Waals surface area contributed by atoms with Crippen LogP contribution in [0.2, 0.25) is 0 Å². The van der Waals surface area contributed by atoms with Gasteiger partial charge in [-0.15, -0.1) is 11.6 Å². The lowest BCUT2D eigenvalue weighted by Gasteiger charge is -2.60. The van der Waals surface area contributed by atoms with Gasteiger partial charge in [-0.3, -0.25) is 4.79 Å². The molecule has 0 heterocycles. The summed E-state index contributed by atoms with van der Waals surface area (Å²) in [6.45, 7) is 12.5. The number of hydrogen-bond donors (Lipinski definition) is 0. The zero-order valence-electron chi connectivity index (χ0n) is 21.3. The minimum atomic E-state index is -0.189. The summed E-state index contributed by atoms with van der Waals surface area (Å²) in [5.41, 5.74) is 1.15. The van der Waals surface area contributed by atoms with Crippen LogP contribution in [0.4, 0.5) is 0 Å². The topological polar surface area (TPSA) is 26.3 Å². The highest BCUT2D eigenvalue weighted by atomic mass is 35.5. The van der Waals surface area contributed by atoms with E-state index in [1.54, 1.807) is 0 Å². The van der Waals surface area contributed by atoms with Crippen LogP contribution in [0.25, 0.3) is 0 Å². The molecule has 0 unspecified atom stereocenters. The molecule has 5 saturated carbocycles. The number of ether oxygens (including phenoxy) is 1. The van der Waals surface area contributed by atoms with E-state index in [1.165, 1.54) is 64.2 Å². The Hall–Kier alpha value is -0.240. The molecule has 32 heavy (non-hydrogen) atoms. The number of alkyl halides is 1. The molecule has 0 bridgehead atoms. The lowest BCUT2D eigenvalue weighted by molar-refractivity contribution is -0.182. The molecule has 0 aliphatic heterocycles. The van der Waals surface area contributed by atoms with Gasteiger partial charge in [-0.1, -0.05) is 53.9 Å². The van der Waals surface area contributed by atoms with Gasteiger partial charge in [-0.25, -0.2) is 0 Å². The number of hydrogen-bond acceptors (Lipinski definition) is 2.